The van der Waals surface area contributed by atoms with E-state index in [-0.39, 0.29) is 23.8 Å². The zero-order chi connectivity index (χ0) is 14.8. The zero-order valence-corrected chi connectivity index (χ0v) is 13.7. The fraction of sp³-hybridized carbons (Fsp3) is 0.562. The van der Waals surface area contributed by atoms with E-state index in [1.807, 2.05) is 36.1 Å². The molecule has 1 heterocycles. The molecule has 4 heteroatoms. The van der Waals surface area contributed by atoms with Gasteiger partial charge in [-0.2, -0.15) is 0 Å². The van der Waals surface area contributed by atoms with E-state index in [1.54, 1.807) is 0 Å². The van der Waals surface area contributed by atoms with Crippen LogP contribution in [0.15, 0.2) is 28.7 Å². The molecular formula is C16H22BrNO2. The minimum atomic E-state index is -0.145. The number of piperidine rings is 1. The minimum absolute atomic E-state index is 0.135. The zero-order valence-electron chi connectivity index (χ0n) is 12.1. The third-order valence-corrected chi connectivity index (χ3v) is 4.74. The molecule has 2 unspecified atom stereocenters. The standard InChI is InChI=1S/C16H22BrNO2/c1-12(13-4-6-14(17)7-5-13)15(20)18-9-3-8-16(2,10-18)11-19/h4-7,12,19H,3,8-11H2,1-2H3. The molecule has 0 aromatic heterocycles. The molecule has 1 saturated heterocycles. The number of aliphatic hydroxyl groups excluding tert-OH is 1. The molecule has 0 saturated carbocycles. The molecule has 20 heavy (non-hydrogen) atoms. The molecule has 0 spiro atoms. The lowest BCUT2D eigenvalue weighted by molar-refractivity contribution is -0.136. The maximum atomic E-state index is 12.6. The third kappa shape index (κ3) is 3.41. The molecule has 1 aromatic carbocycles. The number of benzene rings is 1. The number of hydrogen-bond acceptors (Lipinski definition) is 2. The summed E-state index contributed by atoms with van der Waals surface area (Å²) in [6, 6.07) is 7.91. The quantitative estimate of drug-likeness (QED) is 0.918. The van der Waals surface area contributed by atoms with Crippen LogP contribution in [-0.2, 0) is 4.79 Å². The lowest BCUT2D eigenvalue weighted by Crippen LogP contribution is -2.47. The molecule has 0 aliphatic carbocycles. The van der Waals surface area contributed by atoms with Crippen molar-refractivity contribution in [2.75, 3.05) is 19.7 Å². The van der Waals surface area contributed by atoms with Crippen molar-refractivity contribution in [3.63, 3.8) is 0 Å². The molecule has 1 N–H and O–H groups in total. The second kappa shape index (κ2) is 6.27. The van der Waals surface area contributed by atoms with Gasteiger partial charge in [-0.25, -0.2) is 0 Å². The van der Waals surface area contributed by atoms with E-state index in [2.05, 4.69) is 22.9 Å². The van der Waals surface area contributed by atoms with Crippen LogP contribution in [0, 0.1) is 5.41 Å². The molecule has 2 rings (SSSR count). The van der Waals surface area contributed by atoms with Gasteiger partial charge >= 0.3 is 0 Å². The van der Waals surface area contributed by atoms with Crippen LogP contribution >= 0.6 is 15.9 Å². The van der Waals surface area contributed by atoms with Gasteiger partial charge < -0.3 is 10.0 Å². The number of hydrogen-bond donors (Lipinski definition) is 1. The first-order valence-electron chi connectivity index (χ1n) is 7.10. The Bertz CT molecular complexity index is 474. The highest BCUT2D eigenvalue weighted by Crippen LogP contribution is 2.31. The van der Waals surface area contributed by atoms with Crippen molar-refractivity contribution in [1.29, 1.82) is 0 Å². The average molecular weight is 340 g/mol. The van der Waals surface area contributed by atoms with E-state index in [4.69, 9.17) is 0 Å². The van der Waals surface area contributed by atoms with Crippen molar-refractivity contribution in [2.24, 2.45) is 5.41 Å². The summed E-state index contributed by atoms with van der Waals surface area (Å²) in [6.45, 7) is 5.61. The van der Waals surface area contributed by atoms with Crippen LogP contribution in [0.25, 0.3) is 0 Å². The monoisotopic (exact) mass is 339 g/mol. The molecule has 1 aromatic rings. The molecule has 1 amide bonds. The van der Waals surface area contributed by atoms with Gasteiger partial charge in [0.25, 0.3) is 0 Å². The van der Waals surface area contributed by atoms with Gasteiger partial charge in [0.15, 0.2) is 0 Å². The van der Waals surface area contributed by atoms with Crippen LogP contribution in [-0.4, -0.2) is 35.6 Å². The van der Waals surface area contributed by atoms with Crippen LogP contribution in [0.2, 0.25) is 0 Å². The highest BCUT2D eigenvalue weighted by atomic mass is 79.9. The molecule has 110 valence electrons. The molecular weight excluding hydrogens is 318 g/mol. The first-order valence-corrected chi connectivity index (χ1v) is 7.90. The van der Waals surface area contributed by atoms with Crippen LogP contribution in [0.5, 0.6) is 0 Å². The average Bonchev–Trinajstić information content (AvgIpc) is 2.46. The molecule has 1 aliphatic rings. The highest BCUT2D eigenvalue weighted by molar-refractivity contribution is 9.10. The fourth-order valence-corrected chi connectivity index (χ4v) is 3.06. The first-order chi connectivity index (χ1) is 9.45. The Morgan fingerprint density at radius 1 is 1.45 bits per heavy atom. The smallest absolute Gasteiger partial charge is 0.229 e. The predicted molar refractivity (Wildman–Crippen MR) is 83.6 cm³/mol. The van der Waals surface area contributed by atoms with Crippen LogP contribution in [0.4, 0.5) is 0 Å². The first kappa shape index (κ1) is 15.5. The van der Waals surface area contributed by atoms with Gasteiger partial charge in [0.2, 0.25) is 5.91 Å². The molecule has 2 atom stereocenters. The molecule has 1 fully saturated rings. The van der Waals surface area contributed by atoms with Crippen molar-refractivity contribution in [3.8, 4) is 0 Å². The van der Waals surface area contributed by atoms with E-state index in [0.29, 0.717) is 6.54 Å². The second-order valence-electron chi connectivity index (χ2n) is 6.11. The van der Waals surface area contributed by atoms with Crippen molar-refractivity contribution < 1.29 is 9.90 Å². The topological polar surface area (TPSA) is 40.5 Å². The summed E-state index contributed by atoms with van der Waals surface area (Å²) in [4.78, 5) is 14.5. The number of aliphatic hydroxyl groups is 1. The predicted octanol–water partition coefficient (Wildman–Crippen LogP) is 3.17. The van der Waals surface area contributed by atoms with Gasteiger partial charge in [-0.1, -0.05) is 35.0 Å². The summed E-state index contributed by atoms with van der Waals surface area (Å²) in [7, 11) is 0. The van der Waals surface area contributed by atoms with Crippen LogP contribution in [0.3, 0.4) is 0 Å². The number of nitrogens with zero attached hydrogens (tertiary/aromatic N) is 1. The molecule has 1 aliphatic heterocycles. The second-order valence-corrected chi connectivity index (χ2v) is 7.02. The summed E-state index contributed by atoms with van der Waals surface area (Å²) >= 11 is 3.41. The van der Waals surface area contributed by atoms with Crippen molar-refractivity contribution in [3.05, 3.63) is 34.3 Å². The lowest BCUT2D eigenvalue weighted by Gasteiger charge is -2.40. The van der Waals surface area contributed by atoms with Crippen molar-refractivity contribution in [1.82, 2.24) is 4.90 Å². The highest BCUT2D eigenvalue weighted by Gasteiger charge is 2.34. The third-order valence-electron chi connectivity index (χ3n) is 4.21. The van der Waals surface area contributed by atoms with Crippen molar-refractivity contribution >= 4 is 21.8 Å². The van der Waals surface area contributed by atoms with Gasteiger partial charge in [-0.05, 0) is 37.5 Å². The Kier molecular flexibility index (Phi) is 4.86. The fourth-order valence-electron chi connectivity index (χ4n) is 2.80. The van der Waals surface area contributed by atoms with Gasteiger partial charge in [-0.15, -0.1) is 0 Å². The van der Waals surface area contributed by atoms with Gasteiger partial charge in [0, 0.05) is 23.0 Å². The van der Waals surface area contributed by atoms with E-state index >= 15 is 0 Å². The van der Waals surface area contributed by atoms with Crippen LogP contribution in [0.1, 0.15) is 38.2 Å². The van der Waals surface area contributed by atoms with E-state index in [0.717, 1.165) is 29.4 Å². The van der Waals surface area contributed by atoms with E-state index in [1.165, 1.54) is 0 Å². The number of likely N-dealkylation sites (tertiary alicyclic amines) is 1. The van der Waals surface area contributed by atoms with Gasteiger partial charge in [0.1, 0.15) is 0 Å². The minimum Gasteiger partial charge on any atom is -0.396 e. The maximum Gasteiger partial charge on any atom is 0.229 e. The van der Waals surface area contributed by atoms with Crippen molar-refractivity contribution in [2.45, 2.75) is 32.6 Å². The number of amides is 1. The lowest BCUT2D eigenvalue weighted by atomic mass is 9.82. The summed E-state index contributed by atoms with van der Waals surface area (Å²) in [6.07, 6.45) is 1.95. The number of carbonyl (C=O) groups excluding carboxylic acids is 1. The number of carbonyl (C=O) groups is 1. The summed E-state index contributed by atoms with van der Waals surface area (Å²) in [5.74, 6) is 0.0239. The van der Waals surface area contributed by atoms with E-state index in [9.17, 15) is 9.90 Å². The number of halogens is 1. The Balaban J connectivity index is 2.08. The summed E-state index contributed by atoms with van der Waals surface area (Å²) in [5.41, 5.74) is 0.891. The Morgan fingerprint density at radius 3 is 2.70 bits per heavy atom. The summed E-state index contributed by atoms with van der Waals surface area (Å²) < 4.78 is 1.02. The SMILES string of the molecule is CC(C(=O)N1CCCC(C)(CO)C1)c1ccc(Br)cc1. The normalized spacial score (nSPS) is 24.5. The Morgan fingerprint density at radius 2 is 2.10 bits per heavy atom. The van der Waals surface area contributed by atoms with Crippen LogP contribution < -0.4 is 0 Å². The van der Waals surface area contributed by atoms with E-state index < -0.39 is 0 Å². The Hall–Kier alpha value is -0.870. The number of rotatable bonds is 3. The van der Waals surface area contributed by atoms with Gasteiger partial charge in [0.05, 0.1) is 12.5 Å². The molecule has 0 bridgehead atoms. The van der Waals surface area contributed by atoms with Gasteiger partial charge in [-0.3, -0.25) is 4.79 Å². The molecule has 3 nitrogen and oxygen atoms in total. The maximum absolute atomic E-state index is 12.6. The largest absolute Gasteiger partial charge is 0.396 e. The summed E-state index contributed by atoms with van der Waals surface area (Å²) in [5, 5.41) is 9.49. The molecule has 0 radical (unpaired) electrons. The Labute approximate surface area is 129 Å².